The first kappa shape index (κ1) is 31.1. The summed E-state index contributed by atoms with van der Waals surface area (Å²) in [5.74, 6) is 0.811. The fourth-order valence-electron chi connectivity index (χ4n) is 8.35. The van der Waals surface area contributed by atoms with E-state index >= 15 is 0 Å². The number of hydrogen-bond donors (Lipinski definition) is 1. The Hall–Kier alpha value is -4.15. The normalized spacial score (nSPS) is 24.0. The van der Waals surface area contributed by atoms with Crippen LogP contribution in [0.4, 0.5) is 16.3 Å². The third-order valence-electron chi connectivity index (χ3n) is 11.2. The maximum atomic E-state index is 12.0. The SMILES string of the molecule is Cc1ccc2c(cnn2C2CCCCO2)c1N1CCc2c(nc(OCC3(N4CCCC4)CC3)nc2N2CCN(C(=O)O)[C@@H](CC#N)C2)C1. The minimum Gasteiger partial charge on any atom is -0.465 e. The van der Waals surface area contributed by atoms with Gasteiger partial charge >= 0.3 is 12.1 Å². The van der Waals surface area contributed by atoms with Crippen LogP contribution in [-0.4, -0.2) is 105 Å². The fraction of sp³-hybridized carbons (Fsp3) is 0.629. The van der Waals surface area contributed by atoms with E-state index < -0.39 is 12.1 Å². The number of fused-ring (bicyclic) bond motifs is 2. The van der Waals surface area contributed by atoms with E-state index in [9.17, 15) is 15.2 Å². The van der Waals surface area contributed by atoms with Crippen molar-refractivity contribution >= 4 is 28.5 Å². The van der Waals surface area contributed by atoms with Crippen LogP contribution in [0.1, 0.15) is 74.4 Å². The first-order valence-electron chi connectivity index (χ1n) is 17.7. The molecular weight excluding hydrogens is 610 g/mol. The average molecular weight is 656 g/mol. The van der Waals surface area contributed by atoms with Crippen molar-refractivity contribution in [1.29, 1.82) is 5.26 Å². The van der Waals surface area contributed by atoms with E-state index in [0.29, 0.717) is 38.8 Å². The Morgan fingerprint density at radius 3 is 2.71 bits per heavy atom. The lowest BCUT2D eigenvalue weighted by Crippen LogP contribution is -2.55. The highest BCUT2D eigenvalue weighted by Crippen LogP contribution is 2.44. The van der Waals surface area contributed by atoms with Gasteiger partial charge in [0.15, 0.2) is 6.23 Å². The molecule has 4 fully saturated rings. The molecule has 48 heavy (non-hydrogen) atoms. The molecule has 0 spiro atoms. The van der Waals surface area contributed by atoms with Gasteiger partial charge in [-0.05, 0) is 83.0 Å². The lowest BCUT2D eigenvalue weighted by atomic mass is 10.0. The number of piperazine rings is 1. The van der Waals surface area contributed by atoms with Crippen LogP contribution >= 0.6 is 0 Å². The van der Waals surface area contributed by atoms with Crippen LogP contribution < -0.4 is 14.5 Å². The van der Waals surface area contributed by atoms with Gasteiger partial charge in [-0.25, -0.2) is 9.48 Å². The van der Waals surface area contributed by atoms with Crippen LogP contribution in [0.15, 0.2) is 18.3 Å². The number of anilines is 2. The van der Waals surface area contributed by atoms with Crippen molar-refractivity contribution in [2.45, 2.75) is 89.1 Å². The molecule has 1 unspecified atom stereocenters. The summed E-state index contributed by atoms with van der Waals surface area (Å²) in [5.41, 5.74) is 5.53. The number of carbonyl (C=O) groups is 1. The number of benzene rings is 1. The Kier molecular flexibility index (Phi) is 8.24. The number of aromatic nitrogens is 4. The van der Waals surface area contributed by atoms with Crippen LogP contribution in [0, 0.1) is 18.3 Å². The summed E-state index contributed by atoms with van der Waals surface area (Å²) < 4.78 is 14.6. The number of amides is 1. The summed E-state index contributed by atoms with van der Waals surface area (Å²) in [6.07, 6.45) is 9.77. The van der Waals surface area contributed by atoms with Gasteiger partial charge in [0.25, 0.3) is 0 Å². The summed E-state index contributed by atoms with van der Waals surface area (Å²) in [6, 6.07) is 6.48. The van der Waals surface area contributed by atoms with E-state index in [1.165, 1.54) is 23.3 Å². The van der Waals surface area contributed by atoms with Gasteiger partial charge in [-0.1, -0.05) is 6.07 Å². The van der Waals surface area contributed by atoms with E-state index in [1.54, 1.807) is 0 Å². The summed E-state index contributed by atoms with van der Waals surface area (Å²) >= 11 is 0. The highest BCUT2D eigenvalue weighted by atomic mass is 16.5. The molecule has 0 radical (unpaired) electrons. The highest BCUT2D eigenvalue weighted by Gasteiger charge is 2.49. The molecule has 4 aliphatic heterocycles. The summed E-state index contributed by atoms with van der Waals surface area (Å²) in [4.78, 5) is 30.6. The van der Waals surface area contributed by atoms with Crippen LogP contribution in [0.25, 0.3) is 10.9 Å². The first-order valence-corrected chi connectivity index (χ1v) is 17.7. The van der Waals surface area contributed by atoms with Crippen molar-refractivity contribution in [3.05, 3.63) is 35.2 Å². The van der Waals surface area contributed by atoms with Crippen molar-refractivity contribution in [2.75, 3.05) is 62.3 Å². The molecule has 254 valence electrons. The number of rotatable bonds is 8. The maximum absolute atomic E-state index is 12.0. The minimum atomic E-state index is -0.987. The Balaban J connectivity index is 1.12. The van der Waals surface area contributed by atoms with Crippen LogP contribution in [0.2, 0.25) is 0 Å². The van der Waals surface area contributed by atoms with E-state index in [1.807, 2.05) is 10.9 Å². The molecule has 5 aliphatic rings. The van der Waals surface area contributed by atoms with Crippen molar-refractivity contribution in [1.82, 2.24) is 29.5 Å². The number of aryl methyl sites for hydroxylation is 1. The summed E-state index contributed by atoms with van der Waals surface area (Å²) in [6.45, 7) is 8.34. The standard InChI is InChI=1S/C35H45N9O4/c1-24-7-8-29-27(20-37-44(29)30-6-2-5-19-47-30)31(24)40-16-10-26-28(22-40)38-33(48-23-35(11-12-35)42-14-3-4-15-42)39-32(26)41-17-18-43(34(45)46)25(21-41)9-13-36/h7-8,20,25,30H,2-6,9-12,14-19,21-23H2,1H3,(H,45,46)/t25-,30?/m0/s1. The second-order valence-corrected chi connectivity index (χ2v) is 14.1. The molecular formula is C35H45N9O4. The van der Waals surface area contributed by atoms with Gasteiger partial charge in [0.2, 0.25) is 0 Å². The minimum absolute atomic E-state index is 0.0364. The second-order valence-electron chi connectivity index (χ2n) is 14.1. The first-order chi connectivity index (χ1) is 23.4. The van der Waals surface area contributed by atoms with Crippen LogP contribution in [0.5, 0.6) is 6.01 Å². The molecule has 1 N–H and O–H groups in total. The smallest absolute Gasteiger partial charge is 0.407 e. The molecule has 2 atom stereocenters. The Bertz CT molecular complexity index is 1720. The number of nitrogens with zero attached hydrogens (tertiary/aromatic N) is 9. The van der Waals surface area contributed by atoms with Gasteiger partial charge in [-0.15, -0.1) is 0 Å². The van der Waals surface area contributed by atoms with Gasteiger partial charge in [0.05, 0.1) is 53.7 Å². The molecule has 2 aromatic heterocycles. The summed E-state index contributed by atoms with van der Waals surface area (Å²) in [7, 11) is 0. The van der Waals surface area contributed by atoms with Crippen molar-refractivity contribution in [3.8, 4) is 12.1 Å². The topological polar surface area (TPSA) is 136 Å². The molecule has 13 heteroatoms. The predicted octanol–water partition coefficient (Wildman–Crippen LogP) is 4.49. The molecule has 0 bridgehead atoms. The number of likely N-dealkylation sites (tertiary alicyclic amines) is 1. The van der Waals surface area contributed by atoms with Crippen molar-refractivity contribution in [3.63, 3.8) is 0 Å². The molecule has 1 aliphatic carbocycles. The zero-order valence-electron chi connectivity index (χ0n) is 27.8. The summed E-state index contributed by atoms with van der Waals surface area (Å²) in [5, 5.41) is 25.2. The molecule has 1 saturated carbocycles. The zero-order valence-corrected chi connectivity index (χ0v) is 27.8. The zero-order chi connectivity index (χ0) is 32.8. The molecule has 3 saturated heterocycles. The number of nitriles is 1. The van der Waals surface area contributed by atoms with Crippen molar-refractivity contribution in [2.24, 2.45) is 0 Å². The Morgan fingerprint density at radius 1 is 1.10 bits per heavy atom. The number of carboxylic acid groups (broad SMARTS) is 1. The van der Waals surface area contributed by atoms with Crippen LogP contribution in [-0.2, 0) is 17.7 Å². The van der Waals surface area contributed by atoms with E-state index in [0.717, 1.165) is 98.4 Å². The Morgan fingerprint density at radius 2 is 1.96 bits per heavy atom. The monoisotopic (exact) mass is 655 g/mol. The largest absolute Gasteiger partial charge is 0.465 e. The third kappa shape index (κ3) is 5.68. The van der Waals surface area contributed by atoms with Gasteiger partial charge in [0, 0.05) is 43.7 Å². The molecule has 1 aromatic carbocycles. The molecule has 1 amide bonds. The molecule has 3 aromatic rings. The molecule has 8 rings (SSSR count). The van der Waals surface area contributed by atoms with Gasteiger partial charge in [0.1, 0.15) is 12.4 Å². The van der Waals surface area contributed by atoms with E-state index in [-0.39, 0.29) is 18.2 Å². The van der Waals surface area contributed by atoms with Gasteiger partial charge in [-0.2, -0.15) is 20.3 Å². The second kappa shape index (κ2) is 12.7. The number of ether oxygens (including phenoxy) is 2. The van der Waals surface area contributed by atoms with E-state index in [2.05, 4.69) is 39.8 Å². The van der Waals surface area contributed by atoms with Gasteiger partial charge in [-0.3, -0.25) is 4.90 Å². The lowest BCUT2D eigenvalue weighted by Gasteiger charge is -2.41. The molecule has 6 heterocycles. The van der Waals surface area contributed by atoms with E-state index in [4.69, 9.17) is 24.5 Å². The quantitative estimate of drug-likeness (QED) is 0.368. The predicted molar refractivity (Wildman–Crippen MR) is 179 cm³/mol. The lowest BCUT2D eigenvalue weighted by molar-refractivity contribution is -0.0366. The third-order valence-corrected chi connectivity index (χ3v) is 11.2. The van der Waals surface area contributed by atoms with Gasteiger partial charge < -0.3 is 29.3 Å². The fourth-order valence-corrected chi connectivity index (χ4v) is 8.35. The van der Waals surface area contributed by atoms with Crippen LogP contribution in [0.3, 0.4) is 0 Å². The number of hydrogen-bond acceptors (Lipinski definition) is 10. The molecule has 13 nitrogen and oxygen atoms in total. The Labute approximate surface area is 281 Å². The maximum Gasteiger partial charge on any atom is 0.407 e. The highest BCUT2D eigenvalue weighted by molar-refractivity contribution is 5.94. The average Bonchev–Trinajstić information content (AvgIpc) is 3.46. The van der Waals surface area contributed by atoms with Crippen molar-refractivity contribution < 1.29 is 19.4 Å².